The monoisotopic (exact) mass is 479 g/mol. The number of nitrogens with zero attached hydrogens (tertiary/aromatic N) is 1. The molecule has 2 rings (SSSR count). The van der Waals surface area contributed by atoms with Crippen LogP contribution >= 0.6 is 15.9 Å². The summed E-state index contributed by atoms with van der Waals surface area (Å²) in [6.07, 6.45) is -0.326. The lowest BCUT2D eigenvalue weighted by Crippen LogP contribution is -2.36. The fraction of sp³-hybridized carbons (Fsp3) is 0.480. The summed E-state index contributed by atoms with van der Waals surface area (Å²) < 4.78 is 11.8. The molecule has 0 saturated carbocycles. The number of amides is 1. The maximum absolute atomic E-state index is 12.4. The highest BCUT2D eigenvalue weighted by molar-refractivity contribution is 9.10. The second-order valence-corrected chi connectivity index (χ2v) is 8.15. The van der Waals surface area contributed by atoms with Crippen molar-refractivity contribution in [3.05, 3.63) is 64.1 Å². The third-order valence-electron chi connectivity index (χ3n) is 3.95. The third kappa shape index (κ3) is 9.66. The summed E-state index contributed by atoms with van der Waals surface area (Å²) in [4.78, 5) is 14.0. The summed E-state index contributed by atoms with van der Waals surface area (Å²) in [5, 5.41) is 0. The van der Waals surface area contributed by atoms with E-state index in [-0.39, 0.29) is 12.0 Å². The van der Waals surface area contributed by atoms with Crippen molar-refractivity contribution in [2.45, 2.75) is 60.0 Å². The summed E-state index contributed by atoms with van der Waals surface area (Å²) in [6.45, 7) is 14.1. The summed E-state index contributed by atoms with van der Waals surface area (Å²) >= 11 is 3.48. The first-order chi connectivity index (χ1) is 14.2. The molecule has 1 amide bonds. The molecule has 0 aliphatic carbocycles. The molecular weight excluding hydrogens is 442 g/mol. The number of halogens is 1. The van der Waals surface area contributed by atoms with Crippen LogP contribution in [0.1, 0.15) is 65.5 Å². The van der Waals surface area contributed by atoms with Gasteiger partial charge in [-0.05, 0) is 56.2 Å². The summed E-state index contributed by atoms with van der Waals surface area (Å²) in [5.41, 5.74) is 1.73. The fourth-order valence-corrected chi connectivity index (χ4v) is 2.89. The minimum Gasteiger partial charge on any atom is -0.497 e. The van der Waals surface area contributed by atoms with E-state index in [2.05, 4.69) is 28.1 Å². The standard InChI is InChI=1S/C21H26BrNO3.2C2H6/c1-21(2,3)26-20(24)23(4)14-19(15-6-10-17(22)11-7-15)16-8-12-18(25-5)13-9-16;2*1-2/h6-13,19H,14H2,1-5H3;2*1-2H3. The molecule has 168 valence electrons. The summed E-state index contributed by atoms with van der Waals surface area (Å²) in [6, 6.07) is 16.1. The molecule has 0 aliphatic heterocycles. The lowest BCUT2D eigenvalue weighted by molar-refractivity contribution is 0.0294. The molecule has 0 bridgehead atoms. The SMILES string of the molecule is CC.CC.COc1ccc(C(CN(C)C(=O)OC(C)(C)C)c2ccc(Br)cc2)cc1. The zero-order valence-electron chi connectivity index (χ0n) is 20.0. The Hall–Kier alpha value is -2.01. The number of carbonyl (C=O) groups is 1. The van der Waals surface area contributed by atoms with Crippen LogP contribution in [0.2, 0.25) is 0 Å². The Kier molecular flexibility index (Phi) is 13.1. The van der Waals surface area contributed by atoms with Gasteiger partial charge in [-0.1, -0.05) is 67.9 Å². The normalized spacial score (nSPS) is 11.1. The molecule has 0 radical (unpaired) electrons. The van der Waals surface area contributed by atoms with Gasteiger partial charge in [0.15, 0.2) is 0 Å². The first-order valence-corrected chi connectivity index (χ1v) is 11.3. The van der Waals surface area contributed by atoms with Crippen molar-refractivity contribution in [2.75, 3.05) is 20.7 Å². The van der Waals surface area contributed by atoms with Crippen molar-refractivity contribution in [1.82, 2.24) is 4.90 Å². The Bertz CT molecular complexity index is 722. The predicted molar refractivity (Wildman–Crippen MR) is 131 cm³/mol. The Balaban J connectivity index is 0.00000198. The van der Waals surface area contributed by atoms with Crippen molar-refractivity contribution < 1.29 is 14.3 Å². The molecule has 2 aromatic rings. The van der Waals surface area contributed by atoms with E-state index in [0.29, 0.717) is 6.54 Å². The first kappa shape index (κ1) is 28.0. The number of methoxy groups -OCH3 is 1. The number of likely N-dealkylation sites (N-methyl/N-ethyl adjacent to an activating group) is 1. The van der Waals surface area contributed by atoms with Crippen molar-refractivity contribution in [3.63, 3.8) is 0 Å². The minimum absolute atomic E-state index is 0.0338. The van der Waals surface area contributed by atoms with E-state index in [1.165, 1.54) is 0 Å². The Morgan fingerprint density at radius 3 is 1.77 bits per heavy atom. The van der Waals surface area contributed by atoms with Gasteiger partial charge in [-0.2, -0.15) is 0 Å². The molecule has 0 saturated heterocycles. The molecule has 2 aromatic carbocycles. The highest BCUT2D eigenvalue weighted by Crippen LogP contribution is 2.28. The van der Waals surface area contributed by atoms with Gasteiger partial charge in [0.1, 0.15) is 11.4 Å². The molecule has 0 heterocycles. The van der Waals surface area contributed by atoms with E-state index in [1.54, 1.807) is 19.1 Å². The van der Waals surface area contributed by atoms with E-state index in [0.717, 1.165) is 21.3 Å². The Labute approximate surface area is 191 Å². The van der Waals surface area contributed by atoms with Gasteiger partial charge in [0.05, 0.1) is 7.11 Å². The molecule has 0 aliphatic rings. The second kappa shape index (κ2) is 14.1. The van der Waals surface area contributed by atoms with E-state index in [4.69, 9.17) is 9.47 Å². The van der Waals surface area contributed by atoms with Crippen molar-refractivity contribution in [2.24, 2.45) is 0 Å². The average molecular weight is 480 g/mol. The van der Waals surface area contributed by atoms with Crippen LogP contribution in [0.5, 0.6) is 5.75 Å². The molecule has 1 atom stereocenters. The van der Waals surface area contributed by atoms with E-state index < -0.39 is 5.60 Å². The van der Waals surface area contributed by atoms with Crippen LogP contribution in [0.25, 0.3) is 0 Å². The van der Waals surface area contributed by atoms with Gasteiger partial charge in [-0.3, -0.25) is 0 Å². The number of hydrogen-bond donors (Lipinski definition) is 0. The molecule has 4 nitrogen and oxygen atoms in total. The number of carbonyl (C=O) groups excluding carboxylic acids is 1. The minimum atomic E-state index is -0.515. The number of rotatable bonds is 5. The Morgan fingerprint density at radius 1 is 0.933 bits per heavy atom. The smallest absolute Gasteiger partial charge is 0.410 e. The molecule has 30 heavy (non-hydrogen) atoms. The predicted octanol–water partition coefficient (Wildman–Crippen LogP) is 7.51. The van der Waals surface area contributed by atoms with Gasteiger partial charge in [0, 0.05) is 24.0 Å². The summed E-state index contributed by atoms with van der Waals surface area (Å²) in [5.74, 6) is 0.843. The lowest BCUT2D eigenvalue weighted by atomic mass is 9.91. The fourth-order valence-electron chi connectivity index (χ4n) is 2.62. The van der Waals surface area contributed by atoms with Gasteiger partial charge < -0.3 is 14.4 Å². The van der Waals surface area contributed by atoms with Crippen LogP contribution in [0.4, 0.5) is 4.79 Å². The third-order valence-corrected chi connectivity index (χ3v) is 4.48. The van der Waals surface area contributed by atoms with Crippen molar-refractivity contribution in [1.29, 1.82) is 0 Å². The quantitative estimate of drug-likeness (QED) is 0.445. The van der Waals surface area contributed by atoms with E-state index in [1.807, 2.05) is 84.9 Å². The number of benzene rings is 2. The highest BCUT2D eigenvalue weighted by atomic mass is 79.9. The molecule has 5 heteroatoms. The summed E-state index contributed by atoms with van der Waals surface area (Å²) in [7, 11) is 3.42. The molecule has 0 spiro atoms. The van der Waals surface area contributed by atoms with Crippen LogP contribution in [-0.2, 0) is 4.74 Å². The van der Waals surface area contributed by atoms with Crippen LogP contribution in [0, 0.1) is 0 Å². The van der Waals surface area contributed by atoms with Gasteiger partial charge in [-0.15, -0.1) is 0 Å². The molecule has 0 aromatic heterocycles. The van der Waals surface area contributed by atoms with Gasteiger partial charge >= 0.3 is 6.09 Å². The maximum atomic E-state index is 12.4. The molecular formula is C25H38BrNO3. The zero-order valence-corrected chi connectivity index (χ0v) is 21.5. The van der Waals surface area contributed by atoms with Gasteiger partial charge in [-0.25, -0.2) is 4.79 Å². The van der Waals surface area contributed by atoms with Crippen LogP contribution in [0.15, 0.2) is 53.0 Å². The highest BCUT2D eigenvalue weighted by Gasteiger charge is 2.23. The number of hydrogen-bond acceptors (Lipinski definition) is 3. The Morgan fingerprint density at radius 2 is 1.37 bits per heavy atom. The van der Waals surface area contributed by atoms with E-state index in [9.17, 15) is 4.79 Å². The second-order valence-electron chi connectivity index (χ2n) is 7.24. The maximum Gasteiger partial charge on any atom is 0.410 e. The number of ether oxygens (including phenoxy) is 2. The largest absolute Gasteiger partial charge is 0.497 e. The zero-order chi connectivity index (χ0) is 23.3. The van der Waals surface area contributed by atoms with Gasteiger partial charge in [0.2, 0.25) is 0 Å². The van der Waals surface area contributed by atoms with Crippen molar-refractivity contribution >= 4 is 22.0 Å². The van der Waals surface area contributed by atoms with Crippen molar-refractivity contribution in [3.8, 4) is 5.75 Å². The molecule has 1 unspecified atom stereocenters. The van der Waals surface area contributed by atoms with Crippen LogP contribution in [0.3, 0.4) is 0 Å². The van der Waals surface area contributed by atoms with Crippen LogP contribution < -0.4 is 4.74 Å². The first-order valence-electron chi connectivity index (χ1n) is 10.5. The van der Waals surface area contributed by atoms with Crippen LogP contribution in [-0.4, -0.2) is 37.3 Å². The van der Waals surface area contributed by atoms with E-state index >= 15 is 0 Å². The average Bonchev–Trinajstić information content (AvgIpc) is 2.74. The van der Waals surface area contributed by atoms with Gasteiger partial charge in [0.25, 0.3) is 0 Å². The molecule has 0 fully saturated rings. The topological polar surface area (TPSA) is 38.8 Å². The molecule has 0 N–H and O–H groups in total. The lowest BCUT2D eigenvalue weighted by Gasteiger charge is -2.28.